The van der Waals surface area contributed by atoms with Gasteiger partial charge in [0, 0.05) is 0 Å². The lowest BCUT2D eigenvalue weighted by Gasteiger charge is -1.99. The van der Waals surface area contributed by atoms with Crippen LogP contribution in [0.3, 0.4) is 0 Å². The van der Waals surface area contributed by atoms with E-state index >= 15 is 0 Å². The van der Waals surface area contributed by atoms with Crippen molar-refractivity contribution in [1.82, 2.24) is 0 Å². The molecule has 0 heterocycles. The summed E-state index contributed by atoms with van der Waals surface area (Å²) in [6.07, 6.45) is -0.0335. The van der Waals surface area contributed by atoms with E-state index in [-0.39, 0.29) is 17.9 Å². The van der Waals surface area contributed by atoms with Crippen LogP contribution in [-0.2, 0) is 4.79 Å². The first-order chi connectivity index (χ1) is 6.61. The molecule has 1 aromatic rings. The fraction of sp³-hybridized carbons (Fsp3) is 0.100. The minimum Gasteiger partial charge on any atom is -0.505 e. The fourth-order valence-electron chi connectivity index (χ4n) is 0.889. The van der Waals surface area contributed by atoms with Gasteiger partial charge in [0.1, 0.15) is 0 Å². The summed E-state index contributed by atoms with van der Waals surface area (Å²) in [5.74, 6) is 4.57. The number of carbonyl (C=O) groups is 1. The number of nitrogen functional groups attached to an aromatic ring is 1. The summed E-state index contributed by atoms with van der Waals surface area (Å²) < 4.78 is 0. The van der Waals surface area contributed by atoms with Gasteiger partial charge < -0.3 is 16.6 Å². The zero-order valence-electron chi connectivity index (χ0n) is 7.45. The van der Waals surface area contributed by atoms with Crippen molar-refractivity contribution in [1.29, 1.82) is 0 Å². The Kier molecular flexibility index (Phi) is 2.97. The predicted octanol–water partition coefficient (Wildman–Crippen LogP) is 0.201. The molecular weight excluding hydrogens is 180 g/mol. The normalized spacial score (nSPS) is 8.86. The number of phenols is 1. The predicted molar refractivity (Wildman–Crippen MR) is 53.2 cm³/mol. The number of hydrogen-bond acceptors (Lipinski definition) is 3. The average Bonchev–Trinajstić information content (AvgIpc) is 2.12. The quantitative estimate of drug-likeness (QED) is 0.336. The van der Waals surface area contributed by atoms with Gasteiger partial charge in [-0.05, 0) is 12.1 Å². The molecule has 0 aliphatic heterocycles. The summed E-state index contributed by atoms with van der Waals surface area (Å²) in [4.78, 5) is 10.4. The standard InChI is InChI=1S/C10H10N2O2/c11-8-5-1-3-7(10(8)14)4-2-6-9(12)13/h1,3,5,14H,6,11H2,(H2,12,13). The Labute approximate surface area is 81.5 Å². The van der Waals surface area contributed by atoms with Crippen molar-refractivity contribution in [2.75, 3.05) is 5.73 Å². The monoisotopic (exact) mass is 190 g/mol. The van der Waals surface area contributed by atoms with Gasteiger partial charge in [0.05, 0.1) is 17.7 Å². The molecule has 1 amide bonds. The van der Waals surface area contributed by atoms with Crippen LogP contribution in [0.1, 0.15) is 12.0 Å². The van der Waals surface area contributed by atoms with Crippen molar-refractivity contribution in [3.8, 4) is 17.6 Å². The lowest BCUT2D eigenvalue weighted by atomic mass is 10.2. The maximum atomic E-state index is 10.4. The van der Waals surface area contributed by atoms with Gasteiger partial charge >= 0.3 is 0 Å². The number of benzene rings is 1. The number of phenolic OH excluding ortho intramolecular Hbond substituents is 1. The Hall–Kier alpha value is -2.15. The highest BCUT2D eigenvalue weighted by Crippen LogP contribution is 2.23. The third-order valence-electron chi connectivity index (χ3n) is 1.55. The molecule has 14 heavy (non-hydrogen) atoms. The van der Waals surface area contributed by atoms with Gasteiger partial charge in [-0.3, -0.25) is 4.79 Å². The molecule has 0 radical (unpaired) electrons. The molecule has 0 saturated heterocycles. The van der Waals surface area contributed by atoms with Crippen molar-refractivity contribution < 1.29 is 9.90 Å². The molecule has 0 aliphatic carbocycles. The summed E-state index contributed by atoms with van der Waals surface area (Å²) >= 11 is 0. The van der Waals surface area contributed by atoms with E-state index in [4.69, 9.17) is 11.5 Å². The maximum Gasteiger partial charge on any atom is 0.229 e. The van der Waals surface area contributed by atoms with Gasteiger partial charge in [0.15, 0.2) is 5.75 Å². The number of anilines is 1. The van der Waals surface area contributed by atoms with E-state index in [2.05, 4.69) is 11.8 Å². The molecule has 0 atom stereocenters. The second-order valence-electron chi connectivity index (χ2n) is 2.69. The van der Waals surface area contributed by atoms with Gasteiger partial charge in [-0.1, -0.05) is 17.9 Å². The second kappa shape index (κ2) is 4.19. The third-order valence-corrected chi connectivity index (χ3v) is 1.55. The first kappa shape index (κ1) is 9.93. The lowest BCUT2D eigenvalue weighted by molar-refractivity contribution is -0.117. The van der Waals surface area contributed by atoms with Crippen LogP contribution < -0.4 is 11.5 Å². The minimum absolute atomic E-state index is 0.0335. The average molecular weight is 190 g/mol. The Morgan fingerprint density at radius 2 is 2.21 bits per heavy atom. The van der Waals surface area contributed by atoms with E-state index < -0.39 is 5.91 Å². The van der Waals surface area contributed by atoms with E-state index in [0.29, 0.717) is 5.56 Å². The summed E-state index contributed by atoms with van der Waals surface area (Å²) in [7, 11) is 0. The van der Waals surface area contributed by atoms with Gasteiger partial charge in [-0.2, -0.15) is 0 Å². The number of amides is 1. The molecular formula is C10H10N2O2. The molecule has 72 valence electrons. The number of nitrogens with two attached hydrogens (primary N) is 2. The third kappa shape index (κ3) is 2.42. The summed E-state index contributed by atoms with van der Waals surface area (Å²) in [5, 5.41) is 9.42. The molecule has 0 aromatic heterocycles. The van der Waals surface area contributed by atoms with Gasteiger partial charge in [0.25, 0.3) is 0 Å². The van der Waals surface area contributed by atoms with Crippen molar-refractivity contribution in [3.05, 3.63) is 23.8 Å². The number of carbonyl (C=O) groups excluding carboxylic acids is 1. The van der Waals surface area contributed by atoms with Crippen LogP contribution in [0.25, 0.3) is 0 Å². The molecule has 0 aliphatic rings. The number of primary amides is 1. The Morgan fingerprint density at radius 3 is 2.86 bits per heavy atom. The van der Waals surface area contributed by atoms with Crippen LogP contribution in [-0.4, -0.2) is 11.0 Å². The minimum atomic E-state index is -0.499. The van der Waals surface area contributed by atoms with Crippen LogP contribution in [0.15, 0.2) is 18.2 Å². The molecule has 0 fully saturated rings. The van der Waals surface area contributed by atoms with E-state index in [0.717, 1.165) is 0 Å². The molecule has 0 unspecified atom stereocenters. The molecule has 4 heteroatoms. The van der Waals surface area contributed by atoms with Gasteiger partial charge in [-0.15, -0.1) is 0 Å². The van der Waals surface area contributed by atoms with Crippen molar-refractivity contribution in [2.45, 2.75) is 6.42 Å². The number of rotatable bonds is 1. The SMILES string of the molecule is NC(=O)CC#Cc1cccc(N)c1O. The Balaban J connectivity index is 2.90. The highest BCUT2D eigenvalue weighted by Gasteiger charge is 2.00. The summed E-state index contributed by atoms with van der Waals surface area (Å²) in [5.41, 5.74) is 11.0. The molecule has 0 bridgehead atoms. The van der Waals surface area contributed by atoms with E-state index in [9.17, 15) is 9.90 Å². The Morgan fingerprint density at radius 1 is 1.50 bits per heavy atom. The number of para-hydroxylation sites is 1. The number of aromatic hydroxyl groups is 1. The smallest absolute Gasteiger partial charge is 0.229 e. The largest absolute Gasteiger partial charge is 0.505 e. The molecule has 0 spiro atoms. The lowest BCUT2D eigenvalue weighted by Crippen LogP contribution is -2.08. The van der Waals surface area contributed by atoms with Gasteiger partial charge in [0.2, 0.25) is 5.91 Å². The van der Waals surface area contributed by atoms with Crippen LogP contribution in [0.2, 0.25) is 0 Å². The van der Waals surface area contributed by atoms with E-state index in [1.165, 1.54) is 0 Å². The highest BCUT2D eigenvalue weighted by molar-refractivity contribution is 5.76. The van der Waals surface area contributed by atoms with Crippen LogP contribution in [0.4, 0.5) is 5.69 Å². The molecule has 1 rings (SSSR count). The number of hydrogen-bond donors (Lipinski definition) is 3. The van der Waals surface area contributed by atoms with E-state index in [1.54, 1.807) is 18.2 Å². The first-order valence-electron chi connectivity index (χ1n) is 3.96. The van der Waals surface area contributed by atoms with Crippen molar-refractivity contribution in [2.24, 2.45) is 5.73 Å². The highest BCUT2D eigenvalue weighted by atomic mass is 16.3. The second-order valence-corrected chi connectivity index (χ2v) is 2.69. The Bertz CT molecular complexity index is 416. The fourth-order valence-corrected chi connectivity index (χ4v) is 0.889. The molecule has 4 nitrogen and oxygen atoms in total. The van der Waals surface area contributed by atoms with Crippen LogP contribution >= 0.6 is 0 Å². The van der Waals surface area contributed by atoms with Crippen molar-refractivity contribution >= 4 is 11.6 Å². The molecule has 1 aromatic carbocycles. The maximum absolute atomic E-state index is 10.4. The zero-order chi connectivity index (χ0) is 10.6. The topological polar surface area (TPSA) is 89.3 Å². The van der Waals surface area contributed by atoms with Crippen LogP contribution in [0, 0.1) is 11.8 Å². The molecule has 5 N–H and O–H groups in total. The summed E-state index contributed by atoms with van der Waals surface area (Å²) in [6.45, 7) is 0. The van der Waals surface area contributed by atoms with Crippen molar-refractivity contribution in [3.63, 3.8) is 0 Å². The summed E-state index contributed by atoms with van der Waals surface area (Å²) in [6, 6.07) is 4.84. The first-order valence-corrected chi connectivity index (χ1v) is 3.96. The zero-order valence-corrected chi connectivity index (χ0v) is 7.45. The van der Waals surface area contributed by atoms with Crippen LogP contribution in [0.5, 0.6) is 5.75 Å². The molecule has 0 saturated carbocycles. The van der Waals surface area contributed by atoms with Gasteiger partial charge in [-0.25, -0.2) is 0 Å². The van der Waals surface area contributed by atoms with E-state index in [1.807, 2.05) is 0 Å².